The van der Waals surface area contributed by atoms with Crippen LogP contribution in [0, 0.1) is 5.82 Å². The molecular weight excluding hydrogens is 518 g/mol. The van der Waals surface area contributed by atoms with E-state index in [0.717, 1.165) is 29.5 Å². The average molecular weight is 532 g/mol. The number of hydrogen-bond donors (Lipinski definition) is 2. The van der Waals surface area contributed by atoms with Crippen LogP contribution < -0.4 is 10.0 Å². The first-order chi connectivity index (χ1) is 16.0. The van der Waals surface area contributed by atoms with Crippen molar-refractivity contribution in [1.82, 2.24) is 14.8 Å². The zero-order chi connectivity index (χ0) is 24.5. The normalized spacial score (nSPS) is 12.0. The Hall–Kier alpha value is -3.16. The number of anilines is 3. The van der Waals surface area contributed by atoms with Crippen LogP contribution in [0.2, 0.25) is 5.02 Å². The van der Waals surface area contributed by atoms with Crippen molar-refractivity contribution in [3.8, 4) is 0 Å². The number of hydrogen-bond acceptors (Lipinski definition) is 6. The van der Waals surface area contributed by atoms with Crippen molar-refractivity contribution in [2.45, 2.75) is 17.6 Å². The molecule has 0 amide bonds. The van der Waals surface area contributed by atoms with Crippen LogP contribution in [0.4, 0.5) is 34.1 Å². The van der Waals surface area contributed by atoms with Crippen LogP contribution in [0.3, 0.4) is 0 Å². The van der Waals surface area contributed by atoms with Gasteiger partial charge < -0.3 is 5.32 Å². The van der Waals surface area contributed by atoms with Gasteiger partial charge >= 0.3 is 6.18 Å². The molecule has 0 saturated heterocycles. The zero-order valence-corrected chi connectivity index (χ0v) is 19.2. The summed E-state index contributed by atoms with van der Waals surface area (Å²) in [4.78, 5) is 3.26. The number of benzene rings is 2. The molecule has 0 aliphatic rings. The van der Waals surface area contributed by atoms with Crippen molar-refractivity contribution in [2.24, 2.45) is 0 Å². The lowest BCUT2D eigenvalue weighted by Crippen LogP contribution is -2.14. The van der Waals surface area contributed by atoms with Gasteiger partial charge in [-0.15, -0.1) is 11.3 Å². The summed E-state index contributed by atoms with van der Waals surface area (Å²) in [5.74, 6) is -0.984. The van der Waals surface area contributed by atoms with Gasteiger partial charge in [0.1, 0.15) is 10.7 Å². The number of alkyl halides is 3. The molecule has 2 heterocycles. The summed E-state index contributed by atoms with van der Waals surface area (Å²) in [7, 11) is -4.16. The summed E-state index contributed by atoms with van der Waals surface area (Å²) in [5, 5.41) is 8.23. The van der Waals surface area contributed by atoms with Crippen LogP contribution >= 0.6 is 22.9 Å². The van der Waals surface area contributed by atoms with Crippen LogP contribution in [0.25, 0.3) is 0 Å². The summed E-state index contributed by atoms with van der Waals surface area (Å²) in [5.41, 5.74) is 0.0590. The van der Waals surface area contributed by atoms with E-state index >= 15 is 0 Å². The van der Waals surface area contributed by atoms with Gasteiger partial charge in [0, 0.05) is 23.5 Å². The van der Waals surface area contributed by atoms with Gasteiger partial charge in [-0.05, 0) is 35.9 Å². The van der Waals surface area contributed by atoms with E-state index in [1.807, 2.05) is 0 Å². The largest absolute Gasteiger partial charge is 0.417 e. The number of halogens is 5. The molecule has 0 fully saturated rings. The highest BCUT2D eigenvalue weighted by Crippen LogP contribution is 2.35. The van der Waals surface area contributed by atoms with Crippen molar-refractivity contribution in [2.75, 3.05) is 10.0 Å². The van der Waals surface area contributed by atoms with Gasteiger partial charge in [-0.1, -0.05) is 17.7 Å². The molecule has 2 aromatic heterocycles. The highest BCUT2D eigenvalue weighted by molar-refractivity contribution is 7.93. The predicted molar refractivity (Wildman–Crippen MR) is 120 cm³/mol. The summed E-state index contributed by atoms with van der Waals surface area (Å²) in [6, 6.07) is 7.05. The van der Waals surface area contributed by atoms with Crippen LogP contribution in [0.15, 0.2) is 65.3 Å². The van der Waals surface area contributed by atoms with E-state index in [-0.39, 0.29) is 17.4 Å². The number of aromatic nitrogens is 3. The molecule has 4 aromatic rings. The number of nitrogens with zero attached hydrogens (tertiary/aromatic N) is 3. The molecule has 0 bridgehead atoms. The first kappa shape index (κ1) is 24.0. The predicted octanol–water partition coefficient (Wildman–Crippen LogP) is 5.74. The fraction of sp³-hybridized carbons (Fsp3) is 0.100. The second-order valence-electron chi connectivity index (χ2n) is 6.95. The van der Waals surface area contributed by atoms with E-state index in [1.54, 1.807) is 5.38 Å². The first-order valence-corrected chi connectivity index (χ1v) is 12.1. The van der Waals surface area contributed by atoms with E-state index in [0.29, 0.717) is 11.3 Å². The van der Waals surface area contributed by atoms with Crippen LogP contribution in [-0.4, -0.2) is 23.2 Å². The van der Waals surface area contributed by atoms with E-state index in [9.17, 15) is 26.0 Å². The quantitative estimate of drug-likeness (QED) is 0.297. The van der Waals surface area contributed by atoms with Gasteiger partial charge in [-0.2, -0.15) is 18.3 Å². The number of rotatable bonds is 7. The molecule has 34 heavy (non-hydrogen) atoms. The lowest BCUT2D eigenvalue weighted by Gasteiger charge is -2.11. The van der Waals surface area contributed by atoms with Crippen LogP contribution in [-0.2, 0) is 22.7 Å². The first-order valence-electron chi connectivity index (χ1n) is 9.38. The van der Waals surface area contributed by atoms with E-state index in [1.165, 1.54) is 41.5 Å². The Morgan fingerprint density at radius 1 is 1.12 bits per heavy atom. The van der Waals surface area contributed by atoms with Crippen molar-refractivity contribution in [3.05, 3.63) is 82.3 Å². The molecule has 0 saturated carbocycles. The molecule has 7 nitrogen and oxygen atoms in total. The molecule has 0 radical (unpaired) electrons. The highest BCUT2D eigenvalue weighted by atomic mass is 35.5. The molecule has 14 heteroatoms. The van der Waals surface area contributed by atoms with Gasteiger partial charge in [-0.3, -0.25) is 9.40 Å². The van der Waals surface area contributed by atoms with E-state index < -0.39 is 37.5 Å². The SMILES string of the molecule is O=S(=O)(Nc1nccs1)c1ccc(Nc2cnn(Cc3ccc(Cl)c(C(F)(F)F)c3)c2)cc1F. The third-order valence-electron chi connectivity index (χ3n) is 4.48. The maximum atomic E-state index is 14.5. The molecule has 0 aliphatic carbocycles. The maximum Gasteiger partial charge on any atom is 0.417 e. The fourth-order valence-electron chi connectivity index (χ4n) is 3.00. The van der Waals surface area contributed by atoms with Gasteiger partial charge in [0.15, 0.2) is 5.13 Å². The summed E-state index contributed by atoms with van der Waals surface area (Å²) >= 11 is 6.69. The third kappa shape index (κ3) is 5.48. The van der Waals surface area contributed by atoms with Crippen molar-refractivity contribution in [1.29, 1.82) is 0 Å². The summed E-state index contributed by atoms with van der Waals surface area (Å²) < 4.78 is 82.0. The summed E-state index contributed by atoms with van der Waals surface area (Å²) in [6.45, 7) is 0.0376. The minimum Gasteiger partial charge on any atom is -0.353 e. The second kappa shape index (κ2) is 9.24. The smallest absolute Gasteiger partial charge is 0.353 e. The fourth-order valence-corrected chi connectivity index (χ4v) is 5.07. The van der Waals surface area contributed by atoms with Gasteiger partial charge in [-0.25, -0.2) is 17.8 Å². The third-order valence-corrected chi connectivity index (χ3v) is 7.00. The molecular formula is C20H14ClF4N5O2S2. The standard InChI is InChI=1S/C20H14ClF4N5O2S2/c21-16-3-1-12(7-15(16)20(23,24)25)10-30-11-14(9-27-30)28-13-2-4-18(17(22)8-13)34(31,32)29-19-26-5-6-33-19/h1-9,11,28H,10H2,(H,26,29). The van der Waals surface area contributed by atoms with Crippen molar-refractivity contribution >= 4 is 49.5 Å². The number of thiazole rings is 1. The van der Waals surface area contributed by atoms with Crippen LogP contribution in [0.5, 0.6) is 0 Å². The second-order valence-corrected chi connectivity index (χ2v) is 9.90. The Morgan fingerprint density at radius 2 is 1.91 bits per heavy atom. The highest BCUT2D eigenvalue weighted by Gasteiger charge is 2.33. The van der Waals surface area contributed by atoms with Crippen molar-refractivity contribution in [3.63, 3.8) is 0 Å². The monoisotopic (exact) mass is 531 g/mol. The van der Waals surface area contributed by atoms with Gasteiger partial charge in [0.2, 0.25) is 0 Å². The summed E-state index contributed by atoms with van der Waals surface area (Å²) in [6.07, 6.45) is -0.265. The number of nitrogens with one attached hydrogen (secondary N) is 2. The van der Waals surface area contributed by atoms with Gasteiger partial charge in [0.25, 0.3) is 10.0 Å². The van der Waals surface area contributed by atoms with Gasteiger partial charge in [0.05, 0.1) is 29.0 Å². The van der Waals surface area contributed by atoms with E-state index in [4.69, 9.17) is 11.6 Å². The molecule has 0 atom stereocenters. The van der Waals surface area contributed by atoms with Crippen molar-refractivity contribution < 1.29 is 26.0 Å². The Balaban J connectivity index is 1.47. The number of sulfonamides is 1. The Labute approximate surface area is 200 Å². The molecule has 0 unspecified atom stereocenters. The minimum atomic E-state index is -4.58. The lowest BCUT2D eigenvalue weighted by atomic mass is 10.1. The Bertz CT molecular complexity index is 1420. The Kier molecular flexibility index (Phi) is 6.51. The minimum absolute atomic E-state index is 0.0376. The topological polar surface area (TPSA) is 88.9 Å². The zero-order valence-electron chi connectivity index (χ0n) is 16.8. The maximum absolute atomic E-state index is 14.5. The Morgan fingerprint density at radius 3 is 2.59 bits per heavy atom. The molecule has 2 aromatic carbocycles. The molecule has 4 rings (SSSR count). The van der Waals surface area contributed by atoms with Crippen LogP contribution in [0.1, 0.15) is 11.1 Å². The average Bonchev–Trinajstić information content (AvgIpc) is 3.40. The molecule has 0 spiro atoms. The molecule has 178 valence electrons. The molecule has 2 N–H and O–H groups in total. The van der Waals surface area contributed by atoms with E-state index in [2.05, 4.69) is 20.1 Å². The lowest BCUT2D eigenvalue weighted by molar-refractivity contribution is -0.137. The molecule has 0 aliphatic heterocycles.